The molecule has 2 nitrogen and oxygen atoms in total. The first kappa shape index (κ1) is 8.15. The van der Waals surface area contributed by atoms with Crippen molar-refractivity contribution in [2.75, 3.05) is 0 Å². The number of benzene rings is 1. The topological polar surface area (TPSA) is 39.6 Å². The van der Waals surface area contributed by atoms with Crippen molar-refractivity contribution in [3.05, 3.63) is 34.5 Å². The first-order valence-electron chi connectivity index (χ1n) is 3.89. The van der Waals surface area contributed by atoms with Crippen LogP contribution < -0.4 is 0 Å². The van der Waals surface area contributed by atoms with Gasteiger partial charge in [0.2, 0.25) is 0 Å². The predicted molar refractivity (Wildman–Crippen MR) is 52.8 cm³/mol. The molecule has 0 aliphatic carbocycles. The molecule has 64 valence electrons. The van der Waals surface area contributed by atoms with Gasteiger partial charge in [-0.25, -0.2) is 0 Å². The van der Waals surface area contributed by atoms with E-state index in [1.165, 1.54) is 0 Å². The highest BCUT2D eigenvalue weighted by Gasteiger charge is 2.03. The minimum absolute atomic E-state index is 0.583. The molecule has 0 spiro atoms. The van der Waals surface area contributed by atoms with E-state index in [0.717, 1.165) is 16.6 Å². The van der Waals surface area contributed by atoms with E-state index in [1.54, 1.807) is 12.1 Å². The van der Waals surface area contributed by atoms with E-state index in [9.17, 15) is 0 Å². The summed E-state index contributed by atoms with van der Waals surface area (Å²) in [6.45, 7) is 1.96. The SMILES string of the molecule is Cc1cc2c(Cl)cc(C#N)cc2[nH]1. The average Bonchev–Trinajstić information content (AvgIpc) is 2.46. The molecule has 1 aromatic heterocycles. The van der Waals surface area contributed by atoms with Crippen LogP contribution in [0.4, 0.5) is 0 Å². The number of hydrogen-bond donors (Lipinski definition) is 1. The molecule has 0 aliphatic heterocycles. The highest BCUT2D eigenvalue weighted by atomic mass is 35.5. The summed E-state index contributed by atoms with van der Waals surface area (Å²) in [6, 6.07) is 7.51. The highest BCUT2D eigenvalue weighted by Crippen LogP contribution is 2.25. The number of nitrogens with one attached hydrogen (secondary N) is 1. The van der Waals surface area contributed by atoms with Gasteiger partial charge in [-0.2, -0.15) is 5.26 Å². The standard InChI is InChI=1S/C10H7ClN2/c1-6-2-8-9(11)3-7(5-12)4-10(8)13-6/h2-4,13H,1H3. The lowest BCUT2D eigenvalue weighted by Gasteiger charge is -1.94. The van der Waals surface area contributed by atoms with Crippen LogP contribution in [0.5, 0.6) is 0 Å². The summed E-state index contributed by atoms with van der Waals surface area (Å²) in [5, 5.41) is 10.3. The van der Waals surface area contributed by atoms with Gasteiger partial charge in [0.15, 0.2) is 0 Å². The van der Waals surface area contributed by atoms with E-state index in [2.05, 4.69) is 11.1 Å². The summed E-state index contributed by atoms with van der Waals surface area (Å²) < 4.78 is 0. The third-order valence-electron chi connectivity index (χ3n) is 1.95. The fourth-order valence-corrected chi connectivity index (χ4v) is 1.67. The number of hydrogen-bond acceptors (Lipinski definition) is 1. The van der Waals surface area contributed by atoms with Gasteiger partial charge in [0.25, 0.3) is 0 Å². The molecule has 0 unspecified atom stereocenters. The first-order chi connectivity index (χ1) is 6.20. The van der Waals surface area contributed by atoms with Crippen LogP contribution in [-0.2, 0) is 0 Å². The smallest absolute Gasteiger partial charge is 0.0992 e. The molecule has 0 bridgehead atoms. The van der Waals surface area contributed by atoms with Crippen LogP contribution in [0.25, 0.3) is 10.9 Å². The minimum Gasteiger partial charge on any atom is -0.359 e. The fraction of sp³-hybridized carbons (Fsp3) is 0.100. The van der Waals surface area contributed by atoms with E-state index in [4.69, 9.17) is 16.9 Å². The Morgan fingerprint density at radius 2 is 2.15 bits per heavy atom. The second kappa shape index (κ2) is 2.79. The molecular weight excluding hydrogens is 184 g/mol. The van der Waals surface area contributed by atoms with Crippen LogP contribution in [0, 0.1) is 18.3 Å². The van der Waals surface area contributed by atoms with Gasteiger partial charge < -0.3 is 4.98 Å². The van der Waals surface area contributed by atoms with Crippen LogP contribution in [0.2, 0.25) is 5.02 Å². The van der Waals surface area contributed by atoms with E-state index >= 15 is 0 Å². The second-order valence-electron chi connectivity index (χ2n) is 2.98. The molecule has 0 atom stereocenters. The van der Waals surface area contributed by atoms with Crippen LogP contribution in [-0.4, -0.2) is 4.98 Å². The second-order valence-corrected chi connectivity index (χ2v) is 3.39. The Bertz CT molecular complexity index is 505. The summed E-state index contributed by atoms with van der Waals surface area (Å²) in [6.07, 6.45) is 0. The summed E-state index contributed by atoms with van der Waals surface area (Å²) in [5.74, 6) is 0. The van der Waals surface area contributed by atoms with Crippen molar-refractivity contribution in [3.8, 4) is 6.07 Å². The highest BCUT2D eigenvalue weighted by molar-refractivity contribution is 6.35. The number of nitrogens with zero attached hydrogens (tertiary/aromatic N) is 1. The van der Waals surface area contributed by atoms with Crippen LogP contribution in [0.1, 0.15) is 11.3 Å². The van der Waals surface area contributed by atoms with Gasteiger partial charge in [0.1, 0.15) is 0 Å². The van der Waals surface area contributed by atoms with Gasteiger partial charge in [0, 0.05) is 16.6 Å². The molecule has 2 rings (SSSR count). The Hall–Kier alpha value is -1.46. The summed E-state index contributed by atoms with van der Waals surface area (Å²) >= 11 is 5.98. The van der Waals surface area contributed by atoms with Crippen molar-refractivity contribution in [1.29, 1.82) is 5.26 Å². The third kappa shape index (κ3) is 1.28. The molecule has 0 fully saturated rings. The summed E-state index contributed by atoms with van der Waals surface area (Å²) in [5.41, 5.74) is 2.55. The number of nitriles is 1. The molecule has 13 heavy (non-hydrogen) atoms. The Kier molecular flexibility index (Phi) is 1.75. The van der Waals surface area contributed by atoms with Crippen molar-refractivity contribution >= 4 is 22.5 Å². The van der Waals surface area contributed by atoms with Crippen molar-refractivity contribution in [2.45, 2.75) is 6.92 Å². The molecule has 1 aromatic carbocycles. The van der Waals surface area contributed by atoms with Crippen LogP contribution in [0.3, 0.4) is 0 Å². The third-order valence-corrected chi connectivity index (χ3v) is 2.26. The fourth-order valence-electron chi connectivity index (χ4n) is 1.40. The normalized spacial score (nSPS) is 10.2. The Morgan fingerprint density at radius 1 is 1.38 bits per heavy atom. The molecule has 0 radical (unpaired) electrons. The van der Waals surface area contributed by atoms with Crippen molar-refractivity contribution in [1.82, 2.24) is 4.98 Å². The van der Waals surface area contributed by atoms with E-state index in [0.29, 0.717) is 10.6 Å². The first-order valence-corrected chi connectivity index (χ1v) is 4.27. The molecule has 1 heterocycles. The predicted octanol–water partition coefficient (Wildman–Crippen LogP) is 3.00. The Balaban J connectivity index is 2.85. The number of aromatic amines is 1. The monoisotopic (exact) mass is 190 g/mol. The minimum atomic E-state index is 0.583. The zero-order valence-corrected chi connectivity index (χ0v) is 7.81. The summed E-state index contributed by atoms with van der Waals surface area (Å²) in [7, 11) is 0. The molecular formula is C10H7ClN2. The molecule has 0 amide bonds. The lowest BCUT2D eigenvalue weighted by atomic mass is 10.2. The average molecular weight is 191 g/mol. The van der Waals surface area contributed by atoms with Gasteiger partial charge >= 0.3 is 0 Å². The molecule has 0 saturated carbocycles. The van der Waals surface area contributed by atoms with E-state index < -0.39 is 0 Å². The maximum atomic E-state index is 8.71. The van der Waals surface area contributed by atoms with Gasteiger partial charge in [-0.3, -0.25) is 0 Å². The number of rotatable bonds is 0. The lowest BCUT2D eigenvalue weighted by molar-refractivity contribution is 1.30. The van der Waals surface area contributed by atoms with Gasteiger partial charge in [-0.1, -0.05) is 11.6 Å². The van der Waals surface area contributed by atoms with Gasteiger partial charge in [-0.05, 0) is 25.1 Å². The van der Waals surface area contributed by atoms with Crippen molar-refractivity contribution < 1.29 is 0 Å². The van der Waals surface area contributed by atoms with Crippen molar-refractivity contribution in [2.24, 2.45) is 0 Å². The molecule has 3 heteroatoms. The maximum Gasteiger partial charge on any atom is 0.0992 e. The number of halogens is 1. The van der Waals surface area contributed by atoms with E-state index in [-0.39, 0.29) is 0 Å². The number of H-pyrrole nitrogens is 1. The molecule has 2 aromatic rings. The summed E-state index contributed by atoms with van der Waals surface area (Å²) in [4.78, 5) is 3.14. The largest absolute Gasteiger partial charge is 0.359 e. The molecule has 0 saturated heterocycles. The number of aromatic nitrogens is 1. The maximum absolute atomic E-state index is 8.71. The molecule has 1 N–H and O–H groups in total. The number of aryl methyl sites for hydroxylation is 1. The zero-order valence-electron chi connectivity index (χ0n) is 7.06. The quantitative estimate of drug-likeness (QED) is 0.682. The number of fused-ring (bicyclic) bond motifs is 1. The Morgan fingerprint density at radius 3 is 2.85 bits per heavy atom. The van der Waals surface area contributed by atoms with Gasteiger partial charge in [0.05, 0.1) is 16.7 Å². The Labute approximate surface area is 80.7 Å². The van der Waals surface area contributed by atoms with Crippen molar-refractivity contribution in [3.63, 3.8) is 0 Å². The van der Waals surface area contributed by atoms with E-state index in [1.807, 2.05) is 13.0 Å². The van der Waals surface area contributed by atoms with Crippen LogP contribution >= 0.6 is 11.6 Å². The lowest BCUT2D eigenvalue weighted by Crippen LogP contribution is -1.75. The van der Waals surface area contributed by atoms with Gasteiger partial charge in [-0.15, -0.1) is 0 Å². The van der Waals surface area contributed by atoms with Crippen LogP contribution in [0.15, 0.2) is 18.2 Å². The molecule has 0 aliphatic rings. The zero-order chi connectivity index (χ0) is 9.42.